The van der Waals surface area contributed by atoms with Gasteiger partial charge in [-0.15, -0.1) is 0 Å². The lowest BCUT2D eigenvalue weighted by molar-refractivity contribution is -0.151. The summed E-state index contributed by atoms with van der Waals surface area (Å²) in [6.45, 7) is 1.94. The van der Waals surface area contributed by atoms with Crippen LogP contribution in [0.15, 0.2) is 42.5 Å². The molecule has 0 saturated carbocycles. The van der Waals surface area contributed by atoms with Gasteiger partial charge in [-0.05, 0) is 37.3 Å². The van der Waals surface area contributed by atoms with E-state index in [-0.39, 0.29) is 18.9 Å². The fourth-order valence-electron chi connectivity index (χ4n) is 3.26. The Kier molecular flexibility index (Phi) is 7.36. The Bertz CT molecular complexity index is 980. The topological polar surface area (TPSA) is 94.2 Å². The summed E-state index contributed by atoms with van der Waals surface area (Å²) in [6, 6.07) is 11.9. The summed E-state index contributed by atoms with van der Waals surface area (Å²) in [5.74, 6) is -1.07. The van der Waals surface area contributed by atoms with Gasteiger partial charge in [-0.25, -0.2) is 0 Å². The molecule has 1 aliphatic rings. The largest absolute Gasteiger partial charge is 0.495 e. The van der Waals surface area contributed by atoms with Crippen molar-refractivity contribution in [2.45, 2.75) is 13.3 Å². The molecule has 1 heterocycles. The number of carbonyl (C=O) groups is 3. The number of nitrogens with one attached hydrogen (secondary N) is 1. The van der Waals surface area contributed by atoms with Crippen LogP contribution >= 0.6 is 11.6 Å². The Morgan fingerprint density at radius 3 is 2.71 bits per heavy atom. The molecule has 2 aromatic rings. The summed E-state index contributed by atoms with van der Waals surface area (Å²) in [5.41, 5.74) is 0.973. The van der Waals surface area contributed by atoms with Gasteiger partial charge >= 0.3 is 5.97 Å². The zero-order valence-corrected chi connectivity index (χ0v) is 18.0. The van der Waals surface area contributed by atoms with Crippen LogP contribution in [0.4, 0.5) is 11.4 Å². The van der Waals surface area contributed by atoms with Gasteiger partial charge in [-0.3, -0.25) is 14.4 Å². The highest BCUT2D eigenvalue weighted by Crippen LogP contribution is 2.35. The second-order valence-corrected chi connectivity index (χ2v) is 7.24. The van der Waals surface area contributed by atoms with E-state index in [1.54, 1.807) is 42.5 Å². The first-order valence-electron chi connectivity index (χ1n) is 9.75. The Hall–Kier alpha value is -3.26. The summed E-state index contributed by atoms with van der Waals surface area (Å²) in [4.78, 5) is 38.6. The number of anilines is 2. The monoisotopic (exact) mass is 446 g/mol. The lowest BCUT2D eigenvalue weighted by atomic mass is 10.1. The van der Waals surface area contributed by atoms with Gasteiger partial charge in [0.05, 0.1) is 31.0 Å². The molecule has 0 spiro atoms. The van der Waals surface area contributed by atoms with E-state index in [9.17, 15) is 14.4 Å². The van der Waals surface area contributed by atoms with Crippen LogP contribution in [0.3, 0.4) is 0 Å². The van der Waals surface area contributed by atoms with E-state index in [1.165, 1.54) is 12.0 Å². The summed E-state index contributed by atoms with van der Waals surface area (Å²) >= 11 is 6.04. The average Bonchev–Trinajstić information content (AvgIpc) is 3.15. The van der Waals surface area contributed by atoms with Gasteiger partial charge in [0.25, 0.3) is 5.91 Å². The number of nitrogens with zero attached hydrogens (tertiary/aromatic N) is 1. The number of hydrogen-bond donors (Lipinski definition) is 1. The van der Waals surface area contributed by atoms with Crippen molar-refractivity contribution >= 4 is 40.8 Å². The molecule has 0 bridgehead atoms. The third-order valence-electron chi connectivity index (χ3n) is 4.70. The van der Waals surface area contributed by atoms with Crippen molar-refractivity contribution < 1.29 is 28.6 Å². The number of methoxy groups -OCH3 is 1. The quantitative estimate of drug-likeness (QED) is 0.625. The molecule has 31 heavy (non-hydrogen) atoms. The molecule has 1 atom stereocenters. The fraction of sp³-hybridized carbons (Fsp3) is 0.318. The van der Waals surface area contributed by atoms with Crippen molar-refractivity contribution in [1.29, 1.82) is 0 Å². The number of rotatable bonds is 8. The number of halogens is 1. The molecule has 2 amide bonds. The van der Waals surface area contributed by atoms with Gasteiger partial charge in [-0.1, -0.05) is 23.7 Å². The predicted octanol–water partition coefficient (Wildman–Crippen LogP) is 3.28. The first-order valence-corrected chi connectivity index (χ1v) is 10.1. The number of carbonyl (C=O) groups excluding carboxylic acids is 3. The Morgan fingerprint density at radius 1 is 1.19 bits per heavy atom. The van der Waals surface area contributed by atoms with Crippen LogP contribution in [-0.2, 0) is 19.1 Å². The molecular formula is C22H23ClN2O6. The van der Waals surface area contributed by atoms with E-state index < -0.39 is 24.4 Å². The summed E-state index contributed by atoms with van der Waals surface area (Å²) in [5, 5.41) is 3.10. The Balaban J connectivity index is 1.58. The molecule has 9 heteroatoms. The number of ether oxygens (including phenoxy) is 3. The second-order valence-electron chi connectivity index (χ2n) is 6.81. The predicted molar refractivity (Wildman–Crippen MR) is 116 cm³/mol. The van der Waals surface area contributed by atoms with E-state index >= 15 is 0 Å². The van der Waals surface area contributed by atoms with Crippen molar-refractivity contribution in [3.05, 3.63) is 47.5 Å². The highest BCUT2D eigenvalue weighted by Gasteiger charge is 2.37. The van der Waals surface area contributed by atoms with Gasteiger partial charge in [0.2, 0.25) is 5.91 Å². The molecule has 1 N–H and O–H groups in total. The third kappa shape index (κ3) is 5.46. The van der Waals surface area contributed by atoms with E-state index in [2.05, 4.69) is 5.32 Å². The maximum absolute atomic E-state index is 12.5. The van der Waals surface area contributed by atoms with Crippen molar-refractivity contribution in [2.75, 3.05) is 37.1 Å². The summed E-state index contributed by atoms with van der Waals surface area (Å²) < 4.78 is 15.9. The number of hydrogen-bond acceptors (Lipinski definition) is 6. The second kappa shape index (κ2) is 10.2. The van der Waals surface area contributed by atoms with Gasteiger partial charge in [0.15, 0.2) is 6.61 Å². The van der Waals surface area contributed by atoms with Crippen molar-refractivity contribution in [2.24, 2.45) is 5.92 Å². The lowest BCUT2D eigenvalue weighted by Crippen LogP contribution is -2.28. The van der Waals surface area contributed by atoms with Crippen LogP contribution in [0.1, 0.15) is 13.3 Å². The summed E-state index contributed by atoms with van der Waals surface area (Å²) in [6.07, 6.45) is -0.0245. The van der Waals surface area contributed by atoms with Gasteiger partial charge in [-0.2, -0.15) is 0 Å². The van der Waals surface area contributed by atoms with Crippen LogP contribution in [0.5, 0.6) is 11.5 Å². The molecular weight excluding hydrogens is 424 g/mol. The van der Waals surface area contributed by atoms with E-state index in [0.29, 0.717) is 34.5 Å². The first kappa shape index (κ1) is 22.4. The molecule has 1 saturated heterocycles. The van der Waals surface area contributed by atoms with E-state index in [0.717, 1.165) is 0 Å². The highest BCUT2D eigenvalue weighted by atomic mass is 35.5. The van der Waals surface area contributed by atoms with Crippen molar-refractivity contribution in [1.82, 2.24) is 0 Å². The van der Waals surface area contributed by atoms with Crippen LogP contribution < -0.4 is 19.7 Å². The normalized spacial score (nSPS) is 15.5. The molecule has 1 aliphatic heterocycles. The number of benzene rings is 2. The maximum atomic E-state index is 12.5. The lowest BCUT2D eigenvalue weighted by Gasteiger charge is -2.19. The van der Waals surface area contributed by atoms with E-state index in [1.807, 2.05) is 6.92 Å². The molecule has 8 nitrogen and oxygen atoms in total. The van der Waals surface area contributed by atoms with Gasteiger partial charge in [0.1, 0.15) is 11.5 Å². The van der Waals surface area contributed by atoms with Gasteiger partial charge < -0.3 is 24.4 Å². The SMILES string of the molecule is CCOc1ccccc1NC(=O)COC(=O)[C@@H]1CC(=O)N(c2cc(Cl)ccc2OC)C1. The minimum atomic E-state index is -0.695. The minimum absolute atomic E-state index is 0.0245. The van der Waals surface area contributed by atoms with Crippen molar-refractivity contribution in [3.63, 3.8) is 0 Å². The van der Waals surface area contributed by atoms with Gasteiger partial charge in [0, 0.05) is 18.0 Å². The van der Waals surface area contributed by atoms with Crippen LogP contribution in [-0.4, -0.2) is 44.7 Å². The first-order chi connectivity index (χ1) is 14.9. The maximum Gasteiger partial charge on any atom is 0.311 e. The minimum Gasteiger partial charge on any atom is -0.495 e. The summed E-state index contributed by atoms with van der Waals surface area (Å²) in [7, 11) is 1.49. The Labute approximate surface area is 185 Å². The number of para-hydroxylation sites is 2. The molecule has 0 aromatic heterocycles. The smallest absolute Gasteiger partial charge is 0.311 e. The average molecular weight is 447 g/mol. The van der Waals surface area contributed by atoms with Crippen molar-refractivity contribution in [3.8, 4) is 11.5 Å². The van der Waals surface area contributed by atoms with Crippen LogP contribution in [0.25, 0.3) is 0 Å². The number of esters is 1. The zero-order chi connectivity index (χ0) is 22.4. The molecule has 164 valence electrons. The number of amides is 2. The molecule has 0 radical (unpaired) electrons. The zero-order valence-electron chi connectivity index (χ0n) is 17.2. The third-order valence-corrected chi connectivity index (χ3v) is 4.93. The molecule has 3 rings (SSSR count). The standard InChI is InChI=1S/C22H23ClN2O6/c1-3-30-18-7-5-4-6-16(18)24-20(26)13-31-22(28)14-10-21(27)25(12-14)17-11-15(23)8-9-19(17)29-2/h4-9,11,14H,3,10,12-13H2,1-2H3,(H,24,26)/t14-/m1/s1. The molecule has 0 unspecified atom stereocenters. The molecule has 1 fully saturated rings. The van der Waals surface area contributed by atoms with E-state index in [4.69, 9.17) is 25.8 Å². The molecule has 2 aromatic carbocycles. The van der Waals surface area contributed by atoms with Crippen LogP contribution in [0.2, 0.25) is 5.02 Å². The highest BCUT2D eigenvalue weighted by molar-refractivity contribution is 6.31. The fourth-order valence-corrected chi connectivity index (χ4v) is 3.43. The molecule has 0 aliphatic carbocycles. The Morgan fingerprint density at radius 2 is 1.97 bits per heavy atom. The van der Waals surface area contributed by atoms with Crippen LogP contribution in [0, 0.1) is 5.92 Å².